The molecule has 0 saturated carbocycles. The highest BCUT2D eigenvalue weighted by Crippen LogP contribution is 2.34. The van der Waals surface area contributed by atoms with Gasteiger partial charge < -0.3 is 10.4 Å². The van der Waals surface area contributed by atoms with Gasteiger partial charge in [-0.3, -0.25) is 0 Å². The van der Waals surface area contributed by atoms with Gasteiger partial charge in [-0.15, -0.1) is 0 Å². The first-order valence-corrected chi connectivity index (χ1v) is 6.83. The van der Waals surface area contributed by atoms with Gasteiger partial charge in [-0.25, -0.2) is 4.79 Å². The van der Waals surface area contributed by atoms with E-state index in [1.165, 1.54) is 12.1 Å². The van der Waals surface area contributed by atoms with Gasteiger partial charge in [-0.05, 0) is 38.3 Å². The van der Waals surface area contributed by atoms with E-state index < -0.39 is 17.5 Å². The number of benzene rings is 1. The molecule has 0 aliphatic carbocycles. The van der Waals surface area contributed by atoms with Crippen molar-refractivity contribution in [3.8, 4) is 0 Å². The number of halogens is 2. The maximum atomic E-state index is 13.4. The molecular formula is C16H23F2NO2. The van der Waals surface area contributed by atoms with Gasteiger partial charge in [0, 0.05) is 11.1 Å². The van der Waals surface area contributed by atoms with Crippen molar-refractivity contribution in [1.82, 2.24) is 5.32 Å². The van der Waals surface area contributed by atoms with Crippen LogP contribution in [0, 0.1) is 0 Å². The van der Waals surface area contributed by atoms with Crippen molar-refractivity contribution >= 4 is 5.97 Å². The van der Waals surface area contributed by atoms with Crippen LogP contribution in [0.15, 0.2) is 24.3 Å². The molecule has 1 aromatic carbocycles. The molecular weight excluding hydrogens is 276 g/mol. The summed E-state index contributed by atoms with van der Waals surface area (Å²) in [7, 11) is 1.88. The molecule has 3 nitrogen and oxygen atoms in total. The lowest BCUT2D eigenvalue weighted by molar-refractivity contribution is -0.166. The van der Waals surface area contributed by atoms with Crippen LogP contribution in [0.5, 0.6) is 0 Å². The molecule has 0 aromatic heterocycles. The van der Waals surface area contributed by atoms with Crippen molar-refractivity contribution in [2.45, 2.75) is 51.0 Å². The molecule has 0 unspecified atom stereocenters. The maximum absolute atomic E-state index is 13.4. The van der Waals surface area contributed by atoms with Gasteiger partial charge in [0.25, 0.3) is 0 Å². The van der Waals surface area contributed by atoms with Crippen molar-refractivity contribution in [2.75, 3.05) is 7.05 Å². The Bertz CT molecular complexity index is 508. The van der Waals surface area contributed by atoms with Crippen LogP contribution >= 0.6 is 0 Å². The van der Waals surface area contributed by atoms with Crippen LogP contribution in [0.3, 0.4) is 0 Å². The molecule has 0 aliphatic rings. The third-order valence-electron chi connectivity index (χ3n) is 3.86. The van der Waals surface area contributed by atoms with Crippen molar-refractivity contribution < 1.29 is 18.7 Å². The first kappa shape index (κ1) is 17.6. The predicted octanol–water partition coefficient (Wildman–Crippen LogP) is 3.53. The molecule has 0 fully saturated rings. The smallest absolute Gasteiger partial charge is 0.379 e. The van der Waals surface area contributed by atoms with Crippen molar-refractivity contribution in [1.29, 1.82) is 0 Å². The fraction of sp³-hybridized carbons (Fsp3) is 0.562. The highest BCUT2D eigenvalue weighted by atomic mass is 19.3. The Morgan fingerprint density at radius 2 is 1.52 bits per heavy atom. The highest BCUT2D eigenvalue weighted by molar-refractivity contribution is 5.77. The maximum Gasteiger partial charge on any atom is 0.379 e. The van der Waals surface area contributed by atoms with Crippen LogP contribution in [-0.2, 0) is 16.1 Å². The molecule has 0 atom stereocenters. The average Bonchev–Trinajstić information content (AvgIpc) is 2.37. The fourth-order valence-corrected chi connectivity index (χ4v) is 2.55. The van der Waals surface area contributed by atoms with Gasteiger partial charge in [-0.1, -0.05) is 38.1 Å². The first-order valence-electron chi connectivity index (χ1n) is 6.83. The van der Waals surface area contributed by atoms with E-state index in [2.05, 4.69) is 19.2 Å². The van der Waals surface area contributed by atoms with E-state index in [9.17, 15) is 13.6 Å². The van der Waals surface area contributed by atoms with E-state index in [4.69, 9.17) is 5.11 Å². The van der Waals surface area contributed by atoms with E-state index in [1.54, 1.807) is 12.1 Å². The summed E-state index contributed by atoms with van der Waals surface area (Å²) in [5, 5.41) is 11.8. The molecule has 0 radical (unpaired) electrons. The second-order valence-corrected chi connectivity index (χ2v) is 6.65. The summed E-state index contributed by atoms with van der Waals surface area (Å²) in [4.78, 5) is 10.6. The molecule has 0 heterocycles. The standard InChI is InChI=1S/C16H23F2NO2/c1-14(2,10-15(3,4)19-5)11-6-8-12(9-7-11)16(17,18)13(20)21/h6-9,19H,10H2,1-5H3,(H,20,21). The molecule has 0 amide bonds. The van der Waals surface area contributed by atoms with E-state index in [1.807, 2.05) is 20.9 Å². The fourth-order valence-electron chi connectivity index (χ4n) is 2.55. The van der Waals surface area contributed by atoms with E-state index in [0.717, 1.165) is 12.0 Å². The number of carboxylic acids is 1. The lowest BCUT2D eigenvalue weighted by Crippen LogP contribution is -2.41. The summed E-state index contributed by atoms with van der Waals surface area (Å²) in [6.07, 6.45) is 0.811. The quantitative estimate of drug-likeness (QED) is 0.845. The Kier molecular flexibility index (Phi) is 4.78. The normalized spacial score (nSPS) is 13.3. The monoisotopic (exact) mass is 299 g/mol. The van der Waals surface area contributed by atoms with Gasteiger partial charge in [-0.2, -0.15) is 8.78 Å². The Balaban J connectivity index is 3.04. The van der Waals surface area contributed by atoms with Crippen LogP contribution in [0.1, 0.15) is 45.2 Å². The van der Waals surface area contributed by atoms with Crippen molar-refractivity contribution in [3.05, 3.63) is 35.4 Å². The number of carbonyl (C=O) groups is 1. The van der Waals surface area contributed by atoms with Crippen LogP contribution in [0.2, 0.25) is 0 Å². The Morgan fingerprint density at radius 1 is 1.10 bits per heavy atom. The van der Waals surface area contributed by atoms with E-state index in [0.29, 0.717) is 0 Å². The number of carboxylic acid groups (broad SMARTS) is 1. The second kappa shape index (κ2) is 5.72. The highest BCUT2D eigenvalue weighted by Gasteiger charge is 2.41. The minimum atomic E-state index is -3.85. The topological polar surface area (TPSA) is 49.3 Å². The number of aliphatic carboxylic acids is 1. The van der Waals surface area contributed by atoms with Crippen molar-refractivity contribution in [2.24, 2.45) is 0 Å². The van der Waals surface area contributed by atoms with E-state index >= 15 is 0 Å². The lowest BCUT2D eigenvalue weighted by Gasteiger charge is -2.35. The molecule has 1 aromatic rings. The molecule has 0 spiro atoms. The van der Waals surface area contributed by atoms with Crippen LogP contribution in [0.25, 0.3) is 0 Å². The summed E-state index contributed by atoms with van der Waals surface area (Å²) >= 11 is 0. The third kappa shape index (κ3) is 4.00. The van der Waals surface area contributed by atoms with Crippen LogP contribution in [-0.4, -0.2) is 23.7 Å². The second-order valence-electron chi connectivity index (χ2n) is 6.65. The first-order chi connectivity index (χ1) is 9.42. The zero-order valence-corrected chi connectivity index (χ0v) is 13.1. The third-order valence-corrected chi connectivity index (χ3v) is 3.86. The predicted molar refractivity (Wildman–Crippen MR) is 78.8 cm³/mol. The van der Waals surface area contributed by atoms with Crippen molar-refractivity contribution in [3.63, 3.8) is 0 Å². The van der Waals surface area contributed by atoms with Gasteiger partial charge in [0.15, 0.2) is 0 Å². The van der Waals surface area contributed by atoms with Gasteiger partial charge in [0.2, 0.25) is 0 Å². The average molecular weight is 299 g/mol. The molecule has 0 aliphatic heterocycles. The zero-order valence-electron chi connectivity index (χ0n) is 13.1. The molecule has 1 rings (SSSR count). The Morgan fingerprint density at radius 3 is 1.90 bits per heavy atom. The Labute approximate surface area is 124 Å². The summed E-state index contributed by atoms with van der Waals surface area (Å²) in [6.45, 7) is 8.22. The van der Waals surface area contributed by atoms with Crippen LogP contribution in [0.4, 0.5) is 8.78 Å². The largest absolute Gasteiger partial charge is 0.477 e. The zero-order chi connectivity index (χ0) is 16.5. The van der Waals surface area contributed by atoms with Crippen LogP contribution < -0.4 is 5.32 Å². The molecule has 21 heavy (non-hydrogen) atoms. The summed E-state index contributed by atoms with van der Waals surface area (Å²) in [6, 6.07) is 5.55. The molecule has 0 saturated heterocycles. The Hall–Kier alpha value is -1.49. The number of nitrogens with one attached hydrogen (secondary N) is 1. The van der Waals surface area contributed by atoms with Gasteiger partial charge in [0.1, 0.15) is 0 Å². The molecule has 0 bridgehead atoms. The minimum Gasteiger partial charge on any atom is -0.477 e. The minimum absolute atomic E-state index is 0.0901. The summed E-state index contributed by atoms with van der Waals surface area (Å²) < 4.78 is 26.8. The number of rotatable bonds is 6. The number of alkyl halides is 2. The molecule has 118 valence electrons. The van der Waals surface area contributed by atoms with Gasteiger partial charge in [0.05, 0.1) is 0 Å². The summed E-state index contributed by atoms with van der Waals surface area (Å²) in [5.74, 6) is -5.99. The number of hydrogen-bond donors (Lipinski definition) is 2. The lowest BCUT2D eigenvalue weighted by atomic mass is 9.75. The summed E-state index contributed by atoms with van der Waals surface area (Å²) in [5.41, 5.74) is 0.0923. The SMILES string of the molecule is CNC(C)(C)CC(C)(C)c1ccc(C(F)(F)C(=O)O)cc1. The molecule has 5 heteroatoms. The molecule has 2 N–H and O–H groups in total. The van der Waals surface area contributed by atoms with Gasteiger partial charge >= 0.3 is 11.9 Å². The number of hydrogen-bond acceptors (Lipinski definition) is 2. The van der Waals surface area contributed by atoms with E-state index in [-0.39, 0.29) is 11.0 Å².